The van der Waals surface area contributed by atoms with Gasteiger partial charge in [0.05, 0.1) is 12.8 Å². The lowest BCUT2D eigenvalue weighted by Gasteiger charge is -2.19. The van der Waals surface area contributed by atoms with Crippen LogP contribution in [0.25, 0.3) is 0 Å². The summed E-state index contributed by atoms with van der Waals surface area (Å²) in [7, 11) is 1.68. The van der Waals surface area contributed by atoms with Gasteiger partial charge in [-0.15, -0.1) is 0 Å². The summed E-state index contributed by atoms with van der Waals surface area (Å²) in [6, 6.07) is 8.08. The molecule has 1 aliphatic heterocycles. The van der Waals surface area contributed by atoms with Crippen molar-refractivity contribution in [1.82, 2.24) is 10.3 Å². The average Bonchev–Trinajstić information content (AvgIpc) is 3.26. The number of rotatable bonds is 6. The van der Waals surface area contributed by atoms with Gasteiger partial charge < -0.3 is 19.4 Å². The molecule has 1 fully saturated rings. The molecule has 6 nitrogen and oxygen atoms in total. The molecule has 0 bridgehead atoms. The Morgan fingerprint density at radius 1 is 1.48 bits per heavy atom. The molecule has 2 heterocycles. The van der Waals surface area contributed by atoms with Crippen LogP contribution >= 0.6 is 0 Å². The van der Waals surface area contributed by atoms with E-state index >= 15 is 0 Å². The molecule has 1 unspecified atom stereocenters. The molecule has 1 aromatic heterocycles. The number of nitrogens with one attached hydrogen (secondary N) is 1. The molecule has 1 aliphatic rings. The molecule has 1 saturated heterocycles. The zero-order chi connectivity index (χ0) is 17.8. The number of amides is 1. The van der Waals surface area contributed by atoms with Crippen molar-refractivity contribution in [2.45, 2.75) is 26.7 Å². The first kappa shape index (κ1) is 17.3. The maximum Gasteiger partial charge on any atom is 0.289 e. The van der Waals surface area contributed by atoms with E-state index in [1.54, 1.807) is 14.0 Å². The molecule has 1 atom stereocenters. The normalized spacial score (nSPS) is 16.9. The van der Waals surface area contributed by atoms with Crippen LogP contribution in [-0.2, 0) is 6.42 Å². The van der Waals surface area contributed by atoms with E-state index in [-0.39, 0.29) is 5.91 Å². The molecule has 2 aromatic rings. The molecular formula is C19H25N3O3. The molecular weight excluding hydrogens is 318 g/mol. The minimum Gasteiger partial charge on any atom is -0.497 e. The first-order chi connectivity index (χ1) is 12.1. The largest absolute Gasteiger partial charge is 0.497 e. The number of hydrogen-bond donors (Lipinski definition) is 1. The van der Waals surface area contributed by atoms with Gasteiger partial charge in [-0.25, -0.2) is 4.98 Å². The second-order valence-corrected chi connectivity index (χ2v) is 6.39. The number of benzene rings is 1. The number of ether oxygens (including phenoxy) is 1. The number of anilines is 1. The van der Waals surface area contributed by atoms with Gasteiger partial charge in [-0.1, -0.05) is 13.0 Å². The van der Waals surface area contributed by atoms with E-state index in [1.165, 1.54) is 0 Å². The Morgan fingerprint density at radius 2 is 2.32 bits per heavy atom. The monoisotopic (exact) mass is 343 g/mol. The highest BCUT2D eigenvalue weighted by Gasteiger charge is 2.24. The number of carbonyl (C=O) groups excluding carboxylic acids is 1. The fourth-order valence-electron chi connectivity index (χ4n) is 3.17. The van der Waals surface area contributed by atoms with Crippen molar-refractivity contribution in [3.63, 3.8) is 0 Å². The summed E-state index contributed by atoms with van der Waals surface area (Å²) in [6.07, 6.45) is 1.74. The molecule has 1 N–H and O–H groups in total. The van der Waals surface area contributed by atoms with E-state index in [0.717, 1.165) is 30.9 Å². The van der Waals surface area contributed by atoms with E-state index in [2.05, 4.69) is 21.3 Å². The maximum atomic E-state index is 12.3. The van der Waals surface area contributed by atoms with E-state index in [4.69, 9.17) is 9.15 Å². The number of oxazole rings is 1. The van der Waals surface area contributed by atoms with Crippen LogP contribution in [0.2, 0.25) is 0 Å². The van der Waals surface area contributed by atoms with Crippen LogP contribution in [0.3, 0.4) is 0 Å². The number of nitrogens with zero attached hydrogens (tertiary/aromatic N) is 2. The third-order valence-electron chi connectivity index (χ3n) is 4.61. The lowest BCUT2D eigenvalue weighted by molar-refractivity contribution is 0.0918. The summed E-state index contributed by atoms with van der Waals surface area (Å²) in [5, 5.41) is 2.99. The van der Waals surface area contributed by atoms with Gasteiger partial charge in [-0.3, -0.25) is 4.79 Å². The van der Waals surface area contributed by atoms with Gasteiger partial charge in [0.2, 0.25) is 5.76 Å². The maximum absolute atomic E-state index is 12.3. The molecule has 1 aromatic carbocycles. The summed E-state index contributed by atoms with van der Waals surface area (Å²) < 4.78 is 10.8. The summed E-state index contributed by atoms with van der Waals surface area (Å²) in [6.45, 7) is 6.30. The van der Waals surface area contributed by atoms with Crippen molar-refractivity contribution < 1.29 is 13.9 Å². The molecule has 0 saturated carbocycles. The number of aryl methyl sites for hydroxylation is 2. The van der Waals surface area contributed by atoms with Gasteiger partial charge in [-0.05, 0) is 31.4 Å². The Bertz CT molecular complexity index is 741. The SMILES string of the molecule is CCc1nc(C)c(C(=O)NCC2CCN(c3cccc(OC)c3)C2)o1. The van der Waals surface area contributed by atoms with Gasteiger partial charge in [0, 0.05) is 37.8 Å². The zero-order valence-corrected chi connectivity index (χ0v) is 15.0. The van der Waals surface area contributed by atoms with E-state index in [9.17, 15) is 4.79 Å². The Kier molecular flexibility index (Phi) is 5.26. The van der Waals surface area contributed by atoms with E-state index in [0.29, 0.717) is 36.2 Å². The zero-order valence-electron chi connectivity index (χ0n) is 15.0. The minimum atomic E-state index is -0.176. The Hall–Kier alpha value is -2.50. The lowest BCUT2D eigenvalue weighted by Crippen LogP contribution is -2.31. The standard InChI is InChI=1S/C19H25N3O3/c1-4-17-21-13(2)18(25-17)19(23)20-11-14-8-9-22(12-14)15-6-5-7-16(10-15)24-3/h5-7,10,14H,4,8-9,11-12H2,1-3H3,(H,20,23). The summed E-state index contributed by atoms with van der Waals surface area (Å²) in [5.41, 5.74) is 1.81. The third kappa shape index (κ3) is 3.95. The van der Waals surface area contributed by atoms with Gasteiger partial charge in [0.1, 0.15) is 5.75 Å². The van der Waals surface area contributed by atoms with Crippen LogP contribution in [0.5, 0.6) is 5.75 Å². The van der Waals surface area contributed by atoms with Crippen LogP contribution < -0.4 is 15.0 Å². The van der Waals surface area contributed by atoms with Gasteiger partial charge in [-0.2, -0.15) is 0 Å². The minimum absolute atomic E-state index is 0.176. The first-order valence-corrected chi connectivity index (χ1v) is 8.74. The van der Waals surface area contributed by atoms with Crippen LogP contribution in [0.15, 0.2) is 28.7 Å². The number of hydrogen-bond acceptors (Lipinski definition) is 5. The Balaban J connectivity index is 1.54. The van der Waals surface area contributed by atoms with Crippen molar-refractivity contribution in [3.8, 4) is 5.75 Å². The second-order valence-electron chi connectivity index (χ2n) is 6.39. The van der Waals surface area contributed by atoms with E-state index in [1.807, 2.05) is 25.1 Å². The molecule has 134 valence electrons. The Labute approximate surface area is 148 Å². The summed E-state index contributed by atoms with van der Waals surface area (Å²) in [4.78, 5) is 18.9. The van der Waals surface area contributed by atoms with Crippen LogP contribution in [0.4, 0.5) is 5.69 Å². The smallest absolute Gasteiger partial charge is 0.289 e. The Morgan fingerprint density at radius 3 is 3.04 bits per heavy atom. The fourth-order valence-corrected chi connectivity index (χ4v) is 3.17. The molecule has 0 radical (unpaired) electrons. The van der Waals surface area contributed by atoms with E-state index < -0.39 is 0 Å². The highest BCUT2D eigenvalue weighted by Crippen LogP contribution is 2.26. The van der Waals surface area contributed by atoms with Crippen molar-refractivity contribution in [2.75, 3.05) is 31.6 Å². The first-order valence-electron chi connectivity index (χ1n) is 8.74. The van der Waals surface area contributed by atoms with Crippen LogP contribution in [0.1, 0.15) is 35.5 Å². The lowest BCUT2D eigenvalue weighted by atomic mass is 10.1. The van der Waals surface area contributed by atoms with Gasteiger partial charge >= 0.3 is 0 Å². The van der Waals surface area contributed by atoms with Crippen LogP contribution in [0, 0.1) is 12.8 Å². The quantitative estimate of drug-likeness (QED) is 0.873. The van der Waals surface area contributed by atoms with Gasteiger partial charge in [0.15, 0.2) is 5.89 Å². The molecule has 6 heteroatoms. The second kappa shape index (κ2) is 7.59. The van der Waals surface area contributed by atoms with Crippen LogP contribution in [-0.4, -0.2) is 37.6 Å². The summed E-state index contributed by atoms with van der Waals surface area (Å²) >= 11 is 0. The number of aromatic nitrogens is 1. The molecule has 25 heavy (non-hydrogen) atoms. The average molecular weight is 343 g/mol. The molecule has 0 aliphatic carbocycles. The van der Waals surface area contributed by atoms with Crippen molar-refractivity contribution in [3.05, 3.63) is 41.6 Å². The molecule has 1 amide bonds. The molecule has 3 rings (SSSR count). The highest BCUT2D eigenvalue weighted by molar-refractivity contribution is 5.92. The predicted octanol–water partition coefficient (Wildman–Crippen LogP) is 2.81. The highest BCUT2D eigenvalue weighted by atomic mass is 16.5. The van der Waals surface area contributed by atoms with Crippen molar-refractivity contribution >= 4 is 11.6 Å². The van der Waals surface area contributed by atoms with Crippen molar-refractivity contribution in [2.24, 2.45) is 5.92 Å². The van der Waals surface area contributed by atoms with Crippen molar-refractivity contribution in [1.29, 1.82) is 0 Å². The summed E-state index contributed by atoms with van der Waals surface area (Å²) in [5.74, 6) is 2.04. The molecule has 0 spiro atoms. The number of methoxy groups -OCH3 is 1. The fraction of sp³-hybridized carbons (Fsp3) is 0.474. The third-order valence-corrected chi connectivity index (χ3v) is 4.61. The topological polar surface area (TPSA) is 67.6 Å². The predicted molar refractivity (Wildman–Crippen MR) is 96.3 cm³/mol. The van der Waals surface area contributed by atoms with Gasteiger partial charge in [0.25, 0.3) is 5.91 Å². The number of carbonyl (C=O) groups is 1.